The molecule has 0 N–H and O–H groups in total. The summed E-state index contributed by atoms with van der Waals surface area (Å²) < 4.78 is 0. The highest BCUT2D eigenvalue weighted by Gasteiger charge is 2.02. The molecule has 0 aliphatic carbocycles. The van der Waals surface area contributed by atoms with Gasteiger partial charge in [-0.1, -0.05) is 39.5 Å². The maximum atomic E-state index is 4.03. The third-order valence-electron chi connectivity index (χ3n) is 2.98. The van der Waals surface area contributed by atoms with Crippen molar-refractivity contribution < 1.29 is 0 Å². The van der Waals surface area contributed by atoms with Crippen molar-refractivity contribution in [2.45, 2.75) is 52.4 Å². The highest BCUT2D eigenvalue weighted by atomic mass is 14.6. The average Bonchev–Trinajstić information content (AvgIpc) is 2.28. The van der Waals surface area contributed by atoms with E-state index in [0.717, 1.165) is 5.92 Å². The van der Waals surface area contributed by atoms with Crippen LogP contribution in [-0.4, -0.2) is 4.98 Å². The Kier molecular flexibility index (Phi) is 6.06. The zero-order valence-corrected chi connectivity index (χ0v) is 10.1. The van der Waals surface area contributed by atoms with E-state index in [1.807, 2.05) is 12.4 Å². The topological polar surface area (TPSA) is 12.9 Å². The Hall–Kier alpha value is -0.850. The molecule has 0 aromatic carbocycles. The van der Waals surface area contributed by atoms with Crippen LogP contribution < -0.4 is 0 Å². The van der Waals surface area contributed by atoms with Crippen LogP contribution in [-0.2, 0) is 6.42 Å². The van der Waals surface area contributed by atoms with Crippen molar-refractivity contribution in [3.63, 3.8) is 0 Å². The Morgan fingerprint density at radius 3 is 2.53 bits per heavy atom. The van der Waals surface area contributed by atoms with Gasteiger partial charge in [-0.2, -0.15) is 0 Å². The fourth-order valence-corrected chi connectivity index (χ4v) is 1.85. The average molecular weight is 205 g/mol. The number of aromatic nitrogens is 1. The summed E-state index contributed by atoms with van der Waals surface area (Å²) >= 11 is 0. The van der Waals surface area contributed by atoms with Crippen LogP contribution in [0.4, 0.5) is 0 Å². The molecule has 0 fully saturated rings. The molecule has 1 nitrogen and oxygen atoms in total. The first-order valence-corrected chi connectivity index (χ1v) is 6.21. The monoisotopic (exact) mass is 205 g/mol. The Morgan fingerprint density at radius 1 is 1.13 bits per heavy atom. The van der Waals surface area contributed by atoms with E-state index < -0.39 is 0 Å². The Morgan fingerprint density at radius 2 is 1.87 bits per heavy atom. The standard InChI is InChI=1S/C14H23N/c1-3-4-5-6-13(2)7-8-14-9-11-15-12-10-14/h9-13H,3-8H2,1-2H3. The lowest BCUT2D eigenvalue weighted by Gasteiger charge is -2.10. The minimum Gasteiger partial charge on any atom is -0.265 e. The summed E-state index contributed by atoms with van der Waals surface area (Å²) in [5.74, 6) is 0.865. The Balaban J connectivity index is 2.14. The third-order valence-corrected chi connectivity index (χ3v) is 2.98. The second kappa shape index (κ2) is 7.44. The van der Waals surface area contributed by atoms with Gasteiger partial charge in [0.05, 0.1) is 0 Å². The van der Waals surface area contributed by atoms with Crippen molar-refractivity contribution in [3.05, 3.63) is 30.1 Å². The molecule has 0 saturated heterocycles. The minimum atomic E-state index is 0.865. The summed E-state index contributed by atoms with van der Waals surface area (Å²) in [7, 11) is 0. The molecular weight excluding hydrogens is 182 g/mol. The van der Waals surface area contributed by atoms with Crippen LogP contribution >= 0.6 is 0 Å². The van der Waals surface area contributed by atoms with Crippen LogP contribution in [0.3, 0.4) is 0 Å². The maximum absolute atomic E-state index is 4.03. The molecule has 1 rings (SSSR count). The first-order valence-electron chi connectivity index (χ1n) is 6.21. The van der Waals surface area contributed by atoms with E-state index in [1.54, 1.807) is 0 Å². The molecule has 15 heavy (non-hydrogen) atoms. The Bertz CT molecular complexity index is 243. The summed E-state index contributed by atoms with van der Waals surface area (Å²) in [5, 5.41) is 0. The van der Waals surface area contributed by atoms with Crippen LogP contribution in [0.1, 0.15) is 51.5 Å². The lowest BCUT2D eigenvalue weighted by Crippen LogP contribution is -1.97. The van der Waals surface area contributed by atoms with Gasteiger partial charge in [0.1, 0.15) is 0 Å². The van der Waals surface area contributed by atoms with Crippen LogP contribution in [0, 0.1) is 5.92 Å². The first-order chi connectivity index (χ1) is 7.33. The van der Waals surface area contributed by atoms with Gasteiger partial charge in [-0.05, 0) is 36.5 Å². The molecule has 84 valence electrons. The zero-order chi connectivity index (χ0) is 10.9. The summed E-state index contributed by atoms with van der Waals surface area (Å²) in [5.41, 5.74) is 1.42. The molecular formula is C14H23N. The van der Waals surface area contributed by atoms with Crippen molar-refractivity contribution in [2.75, 3.05) is 0 Å². The van der Waals surface area contributed by atoms with E-state index in [1.165, 1.54) is 44.1 Å². The minimum absolute atomic E-state index is 0.865. The van der Waals surface area contributed by atoms with E-state index in [2.05, 4.69) is 31.0 Å². The first kappa shape index (κ1) is 12.2. The van der Waals surface area contributed by atoms with Gasteiger partial charge in [-0.15, -0.1) is 0 Å². The summed E-state index contributed by atoms with van der Waals surface area (Å²) in [6.45, 7) is 4.64. The molecule has 1 unspecified atom stereocenters. The van der Waals surface area contributed by atoms with Crippen molar-refractivity contribution in [1.82, 2.24) is 4.98 Å². The van der Waals surface area contributed by atoms with Crippen molar-refractivity contribution >= 4 is 0 Å². The fraction of sp³-hybridized carbons (Fsp3) is 0.643. The molecule has 0 amide bonds. The molecule has 0 aliphatic rings. The van der Waals surface area contributed by atoms with Gasteiger partial charge in [-0.3, -0.25) is 4.98 Å². The van der Waals surface area contributed by atoms with E-state index in [9.17, 15) is 0 Å². The molecule has 1 aromatic heterocycles. The van der Waals surface area contributed by atoms with Gasteiger partial charge in [0.15, 0.2) is 0 Å². The van der Waals surface area contributed by atoms with Crippen LogP contribution in [0.2, 0.25) is 0 Å². The van der Waals surface area contributed by atoms with Gasteiger partial charge < -0.3 is 0 Å². The van der Waals surface area contributed by atoms with Gasteiger partial charge in [0.25, 0.3) is 0 Å². The number of pyridine rings is 1. The van der Waals surface area contributed by atoms with E-state index >= 15 is 0 Å². The molecule has 1 heteroatoms. The van der Waals surface area contributed by atoms with Crippen LogP contribution in [0.5, 0.6) is 0 Å². The number of hydrogen-bond acceptors (Lipinski definition) is 1. The largest absolute Gasteiger partial charge is 0.265 e. The number of nitrogens with zero attached hydrogens (tertiary/aromatic N) is 1. The normalized spacial score (nSPS) is 12.7. The van der Waals surface area contributed by atoms with E-state index in [4.69, 9.17) is 0 Å². The fourth-order valence-electron chi connectivity index (χ4n) is 1.85. The smallest absolute Gasteiger partial charge is 0.0270 e. The predicted molar refractivity (Wildman–Crippen MR) is 65.9 cm³/mol. The quantitative estimate of drug-likeness (QED) is 0.607. The molecule has 1 atom stereocenters. The van der Waals surface area contributed by atoms with Gasteiger partial charge in [-0.25, -0.2) is 0 Å². The molecule has 0 aliphatic heterocycles. The van der Waals surface area contributed by atoms with Gasteiger partial charge in [0, 0.05) is 12.4 Å². The highest BCUT2D eigenvalue weighted by Crippen LogP contribution is 2.15. The number of aryl methyl sites for hydroxylation is 1. The third kappa shape index (κ3) is 5.56. The Labute approximate surface area is 93.9 Å². The molecule has 1 heterocycles. The van der Waals surface area contributed by atoms with Crippen molar-refractivity contribution in [2.24, 2.45) is 5.92 Å². The maximum Gasteiger partial charge on any atom is 0.0270 e. The SMILES string of the molecule is CCCCCC(C)CCc1ccncc1. The number of hydrogen-bond donors (Lipinski definition) is 0. The zero-order valence-electron chi connectivity index (χ0n) is 10.1. The summed E-state index contributed by atoms with van der Waals surface area (Å²) in [6.07, 6.45) is 11.8. The second-order valence-electron chi connectivity index (χ2n) is 4.50. The summed E-state index contributed by atoms with van der Waals surface area (Å²) in [6, 6.07) is 4.25. The molecule has 1 aromatic rings. The van der Waals surface area contributed by atoms with Crippen molar-refractivity contribution in [1.29, 1.82) is 0 Å². The number of unbranched alkanes of at least 4 members (excludes halogenated alkanes) is 2. The lowest BCUT2D eigenvalue weighted by atomic mass is 9.96. The van der Waals surface area contributed by atoms with Gasteiger partial charge in [0.2, 0.25) is 0 Å². The molecule has 0 spiro atoms. The van der Waals surface area contributed by atoms with Gasteiger partial charge >= 0.3 is 0 Å². The predicted octanol–water partition coefficient (Wildman–Crippen LogP) is 4.23. The molecule has 0 saturated carbocycles. The lowest BCUT2D eigenvalue weighted by molar-refractivity contribution is 0.464. The molecule has 0 radical (unpaired) electrons. The second-order valence-corrected chi connectivity index (χ2v) is 4.50. The molecule has 0 bridgehead atoms. The highest BCUT2D eigenvalue weighted by molar-refractivity contribution is 5.09. The van der Waals surface area contributed by atoms with Crippen LogP contribution in [0.25, 0.3) is 0 Å². The van der Waals surface area contributed by atoms with E-state index in [0.29, 0.717) is 0 Å². The number of rotatable bonds is 7. The van der Waals surface area contributed by atoms with E-state index in [-0.39, 0.29) is 0 Å². The van der Waals surface area contributed by atoms with Crippen molar-refractivity contribution in [3.8, 4) is 0 Å². The summed E-state index contributed by atoms with van der Waals surface area (Å²) in [4.78, 5) is 4.03. The van der Waals surface area contributed by atoms with Crippen LogP contribution in [0.15, 0.2) is 24.5 Å².